The van der Waals surface area contributed by atoms with Crippen molar-refractivity contribution in [2.24, 2.45) is 0 Å². The summed E-state index contributed by atoms with van der Waals surface area (Å²) in [7, 11) is 0. The van der Waals surface area contributed by atoms with Crippen LogP contribution in [0.1, 0.15) is 6.42 Å². The van der Waals surface area contributed by atoms with Crippen LogP contribution in [0, 0.1) is 11.3 Å². The van der Waals surface area contributed by atoms with Crippen molar-refractivity contribution in [3.63, 3.8) is 0 Å². The van der Waals surface area contributed by atoms with Crippen LogP contribution in [0.5, 0.6) is 0 Å². The molecule has 3 N–H and O–H groups in total. The third-order valence-corrected chi connectivity index (χ3v) is 2.31. The normalized spacial score (nSPS) is 10.5. The Balaban J connectivity index is 2.61. The Hall–Kier alpha value is -2.59. The Bertz CT molecular complexity index is 580. The van der Waals surface area contributed by atoms with Crippen LogP contribution >= 0.6 is 11.6 Å². The number of carboxylic acids is 1. The molecule has 1 rings (SSSR count). The van der Waals surface area contributed by atoms with Gasteiger partial charge in [-0.1, -0.05) is 11.6 Å². The lowest BCUT2D eigenvalue weighted by molar-refractivity contribution is -0.136. The first-order valence-corrected chi connectivity index (χ1v) is 5.89. The zero-order chi connectivity index (χ0) is 15.0. The average Bonchev–Trinajstić information content (AvgIpc) is 2.39. The van der Waals surface area contributed by atoms with E-state index < -0.39 is 11.9 Å². The fourth-order valence-corrected chi connectivity index (χ4v) is 1.32. The number of carboxylic acid groups (broad SMARTS) is 1. The highest BCUT2D eigenvalue weighted by Gasteiger charge is 2.09. The summed E-state index contributed by atoms with van der Waals surface area (Å²) in [6.45, 7) is -0.0530. The summed E-state index contributed by atoms with van der Waals surface area (Å²) in [5.74, 6) is -1.32. The number of nitriles is 1. The van der Waals surface area contributed by atoms with E-state index in [0.29, 0.717) is 10.8 Å². The molecule has 0 aliphatic rings. The zero-order valence-corrected chi connectivity index (χ0v) is 11.0. The number of aliphatic carboxylic acids is 1. The molecular weight excluding hydrogens is 284 g/mol. The topological polar surface area (TPSA) is 115 Å². The predicted molar refractivity (Wildman–Crippen MR) is 71.8 cm³/mol. The van der Waals surface area contributed by atoms with Gasteiger partial charge in [0.15, 0.2) is 0 Å². The van der Waals surface area contributed by atoms with Crippen LogP contribution in [0.2, 0.25) is 5.02 Å². The van der Waals surface area contributed by atoms with E-state index >= 15 is 0 Å². The number of hydrogen-bond donors (Lipinski definition) is 3. The van der Waals surface area contributed by atoms with Gasteiger partial charge in [0.25, 0.3) is 5.91 Å². The minimum atomic E-state index is -1.03. The number of halogens is 1. The molecule has 0 bridgehead atoms. The van der Waals surface area contributed by atoms with Gasteiger partial charge >= 0.3 is 5.97 Å². The number of anilines is 1. The summed E-state index contributed by atoms with van der Waals surface area (Å²) in [5.41, 5.74) is -0.197. The summed E-state index contributed by atoms with van der Waals surface area (Å²) < 4.78 is 0. The second kappa shape index (κ2) is 7.76. The van der Waals surface area contributed by atoms with Gasteiger partial charge in [0.2, 0.25) is 0 Å². The lowest BCUT2D eigenvalue weighted by atomic mass is 10.3. The van der Waals surface area contributed by atoms with Gasteiger partial charge in [-0.05, 0) is 12.1 Å². The van der Waals surface area contributed by atoms with E-state index in [1.165, 1.54) is 18.5 Å². The third kappa shape index (κ3) is 5.37. The van der Waals surface area contributed by atoms with Crippen molar-refractivity contribution in [1.82, 2.24) is 10.3 Å². The molecule has 1 amide bonds. The molecular formula is C12H11ClN4O3. The molecule has 20 heavy (non-hydrogen) atoms. The van der Waals surface area contributed by atoms with Gasteiger partial charge in [-0.2, -0.15) is 5.26 Å². The summed E-state index contributed by atoms with van der Waals surface area (Å²) in [4.78, 5) is 25.8. The van der Waals surface area contributed by atoms with Gasteiger partial charge in [0, 0.05) is 24.0 Å². The second-order valence-electron chi connectivity index (χ2n) is 3.57. The maximum absolute atomic E-state index is 11.6. The van der Waals surface area contributed by atoms with E-state index in [1.807, 2.05) is 0 Å². The Labute approximate surface area is 119 Å². The number of pyridine rings is 1. The fourth-order valence-electron chi connectivity index (χ4n) is 1.16. The van der Waals surface area contributed by atoms with E-state index in [-0.39, 0.29) is 18.5 Å². The molecule has 0 saturated heterocycles. The van der Waals surface area contributed by atoms with Crippen LogP contribution in [0.3, 0.4) is 0 Å². The number of nitrogens with one attached hydrogen (secondary N) is 2. The number of amides is 1. The third-order valence-electron chi connectivity index (χ3n) is 2.08. The molecule has 0 unspecified atom stereocenters. The van der Waals surface area contributed by atoms with Crippen molar-refractivity contribution in [3.8, 4) is 6.07 Å². The molecule has 104 valence electrons. The first-order valence-electron chi connectivity index (χ1n) is 5.51. The quantitative estimate of drug-likeness (QED) is 0.535. The van der Waals surface area contributed by atoms with Crippen LogP contribution in [0.25, 0.3) is 0 Å². The minimum absolute atomic E-state index is 0.0530. The summed E-state index contributed by atoms with van der Waals surface area (Å²) >= 11 is 5.75. The van der Waals surface area contributed by atoms with Crippen molar-refractivity contribution in [2.75, 3.05) is 11.9 Å². The number of rotatable bonds is 6. The number of nitrogens with zero attached hydrogens (tertiary/aromatic N) is 2. The largest absolute Gasteiger partial charge is 0.481 e. The molecule has 0 spiro atoms. The number of carbonyl (C=O) groups excluding carboxylic acids is 1. The molecule has 0 aliphatic heterocycles. The highest BCUT2D eigenvalue weighted by atomic mass is 35.5. The summed E-state index contributed by atoms with van der Waals surface area (Å²) in [6, 6.07) is 4.81. The predicted octanol–water partition coefficient (Wildman–Crippen LogP) is 1.15. The molecule has 0 radical (unpaired) electrons. The minimum Gasteiger partial charge on any atom is -0.481 e. The summed E-state index contributed by atoms with van der Waals surface area (Å²) in [5, 5.41) is 22.7. The molecule has 8 heteroatoms. The number of aromatic nitrogens is 1. The van der Waals surface area contributed by atoms with Crippen LogP contribution < -0.4 is 10.6 Å². The zero-order valence-electron chi connectivity index (χ0n) is 10.3. The van der Waals surface area contributed by atoms with Crippen LogP contribution in [0.4, 0.5) is 5.82 Å². The molecule has 0 saturated carbocycles. The first-order chi connectivity index (χ1) is 9.52. The van der Waals surface area contributed by atoms with Crippen molar-refractivity contribution in [2.45, 2.75) is 6.42 Å². The first kappa shape index (κ1) is 15.5. The van der Waals surface area contributed by atoms with E-state index in [4.69, 9.17) is 22.0 Å². The standard InChI is InChI=1S/C12H11ClN4O3/c13-9-1-3-15-10(5-9)17-7-8(6-14)12(20)16-4-2-11(18)19/h1,3,5,7H,2,4H2,(H,15,17)(H,16,20)(H,18,19)/b8-7-. The van der Waals surface area contributed by atoms with Gasteiger partial charge < -0.3 is 15.7 Å². The van der Waals surface area contributed by atoms with Crippen molar-refractivity contribution >= 4 is 29.3 Å². The SMILES string of the molecule is N#C/C(=C/Nc1cc(Cl)ccn1)C(=O)NCCC(=O)O. The van der Waals surface area contributed by atoms with Gasteiger partial charge in [0.1, 0.15) is 17.5 Å². The maximum atomic E-state index is 11.6. The Kier molecular flexibility index (Phi) is 6.00. The monoisotopic (exact) mass is 294 g/mol. The average molecular weight is 295 g/mol. The number of carbonyl (C=O) groups is 2. The van der Waals surface area contributed by atoms with Gasteiger partial charge in [0.05, 0.1) is 6.42 Å². The summed E-state index contributed by atoms with van der Waals surface area (Å²) in [6.07, 6.45) is 2.43. The molecule has 1 heterocycles. The lowest BCUT2D eigenvalue weighted by Gasteiger charge is -2.03. The molecule has 1 aromatic rings. The van der Waals surface area contributed by atoms with Crippen molar-refractivity contribution in [3.05, 3.63) is 35.1 Å². The molecule has 0 aromatic carbocycles. The Morgan fingerprint density at radius 1 is 1.55 bits per heavy atom. The Morgan fingerprint density at radius 2 is 2.30 bits per heavy atom. The highest BCUT2D eigenvalue weighted by Crippen LogP contribution is 2.11. The Morgan fingerprint density at radius 3 is 2.90 bits per heavy atom. The number of hydrogen-bond acceptors (Lipinski definition) is 5. The highest BCUT2D eigenvalue weighted by molar-refractivity contribution is 6.30. The molecule has 0 aliphatic carbocycles. The maximum Gasteiger partial charge on any atom is 0.305 e. The van der Waals surface area contributed by atoms with E-state index in [0.717, 1.165) is 0 Å². The smallest absolute Gasteiger partial charge is 0.305 e. The van der Waals surface area contributed by atoms with Crippen LogP contribution in [-0.2, 0) is 9.59 Å². The van der Waals surface area contributed by atoms with Gasteiger partial charge in [-0.15, -0.1) is 0 Å². The molecule has 7 nitrogen and oxygen atoms in total. The van der Waals surface area contributed by atoms with Gasteiger partial charge in [-0.3, -0.25) is 9.59 Å². The molecule has 0 atom stereocenters. The molecule has 0 fully saturated rings. The van der Waals surface area contributed by atoms with E-state index in [2.05, 4.69) is 15.6 Å². The fraction of sp³-hybridized carbons (Fsp3) is 0.167. The second-order valence-corrected chi connectivity index (χ2v) is 4.01. The van der Waals surface area contributed by atoms with Gasteiger partial charge in [-0.25, -0.2) is 4.98 Å². The van der Waals surface area contributed by atoms with Crippen molar-refractivity contribution < 1.29 is 14.7 Å². The van der Waals surface area contributed by atoms with Crippen LogP contribution in [-0.4, -0.2) is 28.5 Å². The van der Waals surface area contributed by atoms with E-state index in [1.54, 1.807) is 12.1 Å². The lowest BCUT2D eigenvalue weighted by Crippen LogP contribution is -2.27. The van der Waals surface area contributed by atoms with Crippen LogP contribution in [0.15, 0.2) is 30.1 Å². The molecule has 1 aromatic heterocycles. The van der Waals surface area contributed by atoms with E-state index in [9.17, 15) is 9.59 Å². The van der Waals surface area contributed by atoms with Crippen molar-refractivity contribution in [1.29, 1.82) is 5.26 Å².